The van der Waals surface area contributed by atoms with Crippen LogP contribution in [-0.4, -0.2) is 71.1 Å². The molecular weight excluding hydrogens is 394 g/mol. The molecule has 0 fully saturated rings. The van der Waals surface area contributed by atoms with Crippen LogP contribution < -0.4 is 0 Å². The van der Waals surface area contributed by atoms with Crippen LogP contribution >= 0.6 is 0 Å². The van der Waals surface area contributed by atoms with Gasteiger partial charge < -0.3 is 0 Å². The van der Waals surface area contributed by atoms with E-state index in [9.17, 15) is 19.2 Å². The van der Waals surface area contributed by atoms with Crippen molar-refractivity contribution >= 4 is 23.6 Å². The van der Waals surface area contributed by atoms with Gasteiger partial charge >= 0.3 is 0 Å². The van der Waals surface area contributed by atoms with Gasteiger partial charge in [-0.2, -0.15) is 0 Å². The predicted molar refractivity (Wildman–Crippen MR) is 115 cm³/mol. The first kappa shape index (κ1) is 20.9. The Kier molecular flexibility index (Phi) is 5.95. The number of hydrogen-bond acceptors (Lipinski definition) is 5. The summed E-state index contributed by atoms with van der Waals surface area (Å²) in [6.07, 6.45) is 1.95. The highest BCUT2D eigenvalue weighted by molar-refractivity contribution is 6.22. The van der Waals surface area contributed by atoms with Gasteiger partial charge in [0.15, 0.2) is 0 Å². The normalized spacial score (nSPS) is 15.3. The summed E-state index contributed by atoms with van der Waals surface area (Å²) >= 11 is 0. The second kappa shape index (κ2) is 8.81. The molecule has 31 heavy (non-hydrogen) atoms. The average Bonchev–Trinajstić information content (AvgIpc) is 3.18. The van der Waals surface area contributed by atoms with Gasteiger partial charge in [-0.25, -0.2) is 0 Å². The van der Waals surface area contributed by atoms with Crippen LogP contribution in [0.25, 0.3) is 0 Å². The topological polar surface area (TPSA) is 78.0 Å². The van der Waals surface area contributed by atoms with E-state index < -0.39 is 0 Å². The van der Waals surface area contributed by atoms with E-state index in [1.807, 2.05) is 0 Å². The quantitative estimate of drug-likeness (QED) is 0.584. The lowest BCUT2D eigenvalue weighted by molar-refractivity contribution is 0.0621. The molecule has 2 heterocycles. The first-order valence-corrected chi connectivity index (χ1v) is 10.7. The molecule has 0 saturated heterocycles. The number of unbranched alkanes of at least 4 members (excludes halogenated alkanes) is 1. The molecular formula is C24H25N3O4. The van der Waals surface area contributed by atoms with Crippen LogP contribution in [0.3, 0.4) is 0 Å². The number of fused-ring (bicyclic) bond motifs is 2. The van der Waals surface area contributed by atoms with Crippen molar-refractivity contribution in [1.82, 2.24) is 14.7 Å². The molecule has 2 aliphatic rings. The molecule has 0 bridgehead atoms. The number of nitrogens with zero attached hydrogens (tertiary/aromatic N) is 3. The minimum absolute atomic E-state index is 0.267. The molecule has 0 atom stereocenters. The summed E-state index contributed by atoms with van der Waals surface area (Å²) in [7, 11) is 0. The molecule has 0 aliphatic carbocycles. The highest BCUT2D eigenvalue weighted by Gasteiger charge is 2.36. The smallest absolute Gasteiger partial charge is 0.261 e. The zero-order valence-corrected chi connectivity index (χ0v) is 17.5. The molecule has 0 spiro atoms. The molecule has 0 saturated carbocycles. The van der Waals surface area contributed by atoms with Gasteiger partial charge in [-0.05, 0) is 37.2 Å². The van der Waals surface area contributed by atoms with Crippen molar-refractivity contribution in [2.24, 2.45) is 0 Å². The lowest BCUT2D eigenvalue weighted by Gasteiger charge is -2.26. The molecule has 2 aromatic rings. The van der Waals surface area contributed by atoms with Gasteiger partial charge in [-0.15, -0.1) is 0 Å². The summed E-state index contributed by atoms with van der Waals surface area (Å²) in [4.78, 5) is 55.1. The summed E-state index contributed by atoms with van der Waals surface area (Å²) in [6, 6.07) is 13.7. The number of hydrogen-bond donors (Lipinski definition) is 0. The van der Waals surface area contributed by atoms with Gasteiger partial charge in [0.2, 0.25) is 0 Å². The number of carbonyl (C=O) groups excluding carboxylic acids is 4. The minimum atomic E-state index is -0.267. The van der Waals surface area contributed by atoms with Crippen molar-refractivity contribution in [2.45, 2.75) is 19.8 Å². The zero-order valence-electron chi connectivity index (χ0n) is 17.5. The molecule has 4 rings (SSSR count). The molecule has 4 amide bonds. The molecule has 7 nitrogen and oxygen atoms in total. The Labute approximate surface area is 181 Å². The molecule has 0 N–H and O–H groups in total. The van der Waals surface area contributed by atoms with E-state index in [1.54, 1.807) is 48.5 Å². The van der Waals surface area contributed by atoms with Crippen molar-refractivity contribution in [2.75, 3.05) is 32.7 Å². The summed E-state index contributed by atoms with van der Waals surface area (Å²) in [6.45, 7) is 4.40. The van der Waals surface area contributed by atoms with Gasteiger partial charge in [-0.3, -0.25) is 33.9 Å². The fraction of sp³-hybridized carbons (Fsp3) is 0.333. The minimum Gasteiger partial charge on any atom is -0.300 e. The number of carbonyl (C=O) groups is 4. The Morgan fingerprint density at radius 1 is 0.613 bits per heavy atom. The molecule has 2 aliphatic heterocycles. The molecule has 2 aromatic carbocycles. The van der Waals surface area contributed by atoms with Crippen molar-refractivity contribution in [1.29, 1.82) is 0 Å². The lowest BCUT2D eigenvalue weighted by Crippen LogP contribution is -2.43. The third-order valence-electron chi connectivity index (χ3n) is 5.86. The zero-order chi connectivity index (χ0) is 22.0. The van der Waals surface area contributed by atoms with Crippen LogP contribution in [0.4, 0.5) is 0 Å². The number of imide groups is 2. The highest BCUT2D eigenvalue weighted by atomic mass is 16.2. The first-order chi connectivity index (χ1) is 15.0. The van der Waals surface area contributed by atoms with Crippen LogP contribution in [-0.2, 0) is 0 Å². The molecule has 7 heteroatoms. The summed E-state index contributed by atoms with van der Waals surface area (Å²) in [5.74, 6) is -1.07. The summed E-state index contributed by atoms with van der Waals surface area (Å²) in [5.41, 5.74) is 1.77. The third-order valence-corrected chi connectivity index (χ3v) is 5.86. The van der Waals surface area contributed by atoms with E-state index >= 15 is 0 Å². The van der Waals surface area contributed by atoms with E-state index in [0.717, 1.165) is 19.4 Å². The van der Waals surface area contributed by atoms with Gasteiger partial charge in [0.1, 0.15) is 0 Å². The summed E-state index contributed by atoms with van der Waals surface area (Å²) in [5, 5.41) is 0. The third kappa shape index (κ3) is 3.88. The Hall–Kier alpha value is -3.32. The van der Waals surface area contributed by atoms with Crippen LogP contribution in [0.1, 0.15) is 61.2 Å². The van der Waals surface area contributed by atoms with Gasteiger partial charge in [0.25, 0.3) is 23.6 Å². The largest absolute Gasteiger partial charge is 0.300 e. The van der Waals surface area contributed by atoms with Gasteiger partial charge in [0.05, 0.1) is 22.3 Å². The molecule has 0 unspecified atom stereocenters. The second-order valence-corrected chi connectivity index (χ2v) is 7.81. The van der Waals surface area contributed by atoms with Crippen LogP contribution in [0.2, 0.25) is 0 Å². The summed E-state index contributed by atoms with van der Waals surface area (Å²) < 4.78 is 0. The van der Waals surface area contributed by atoms with E-state index in [0.29, 0.717) is 35.3 Å². The monoisotopic (exact) mass is 419 g/mol. The van der Waals surface area contributed by atoms with Crippen LogP contribution in [0.5, 0.6) is 0 Å². The molecule has 160 valence electrons. The van der Waals surface area contributed by atoms with E-state index in [4.69, 9.17) is 0 Å². The van der Waals surface area contributed by atoms with Crippen molar-refractivity contribution in [3.8, 4) is 0 Å². The predicted octanol–water partition coefficient (Wildman–Crippen LogP) is 2.68. The molecule has 0 radical (unpaired) electrons. The SMILES string of the molecule is CCCCN(CCN1C(=O)c2ccccc2C1=O)CCN1C(=O)c2ccccc2C1=O. The van der Waals surface area contributed by atoms with Gasteiger partial charge in [-0.1, -0.05) is 37.6 Å². The molecule has 0 aromatic heterocycles. The number of benzene rings is 2. The number of amides is 4. The first-order valence-electron chi connectivity index (χ1n) is 10.7. The number of rotatable bonds is 9. The van der Waals surface area contributed by atoms with Crippen molar-refractivity contribution in [3.63, 3.8) is 0 Å². The van der Waals surface area contributed by atoms with Crippen LogP contribution in [0, 0.1) is 0 Å². The maximum atomic E-state index is 12.6. The van der Waals surface area contributed by atoms with Crippen molar-refractivity contribution in [3.05, 3.63) is 70.8 Å². The Bertz CT molecular complexity index is 899. The second-order valence-electron chi connectivity index (χ2n) is 7.81. The van der Waals surface area contributed by atoms with E-state index in [2.05, 4.69) is 11.8 Å². The van der Waals surface area contributed by atoms with E-state index in [1.165, 1.54) is 9.80 Å². The maximum absolute atomic E-state index is 12.6. The Morgan fingerprint density at radius 2 is 0.968 bits per heavy atom. The van der Waals surface area contributed by atoms with Gasteiger partial charge in [0, 0.05) is 26.2 Å². The van der Waals surface area contributed by atoms with Crippen LogP contribution in [0.15, 0.2) is 48.5 Å². The standard InChI is InChI=1S/C24H25N3O4/c1-2-3-12-25(13-15-26-21(28)17-8-4-5-9-18(17)22(26)29)14-16-27-23(30)19-10-6-7-11-20(19)24(27)31/h4-11H,2-3,12-16H2,1H3. The fourth-order valence-electron chi connectivity index (χ4n) is 4.08. The average molecular weight is 419 g/mol. The van der Waals surface area contributed by atoms with E-state index in [-0.39, 0.29) is 36.7 Å². The highest BCUT2D eigenvalue weighted by Crippen LogP contribution is 2.23. The Balaban J connectivity index is 1.39. The fourth-order valence-corrected chi connectivity index (χ4v) is 4.08. The lowest BCUT2D eigenvalue weighted by atomic mass is 10.1. The van der Waals surface area contributed by atoms with Crippen molar-refractivity contribution < 1.29 is 19.2 Å². The maximum Gasteiger partial charge on any atom is 0.261 e. The Morgan fingerprint density at radius 3 is 1.29 bits per heavy atom.